The first-order valence-corrected chi connectivity index (χ1v) is 9.22. The van der Waals surface area contributed by atoms with Crippen LogP contribution < -0.4 is 5.32 Å². The van der Waals surface area contributed by atoms with E-state index in [1.165, 1.54) is 0 Å². The summed E-state index contributed by atoms with van der Waals surface area (Å²) in [6.07, 6.45) is -8.68. The Morgan fingerprint density at radius 1 is 1.03 bits per heavy atom. The molecule has 0 aromatic heterocycles. The molecule has 162 valence electrons. The predicted octanol–water partition coefficient (Wildman–Crippen LogP) is -0.719. The van der Waals surface area contributed by atoms with Crippen LogP contribution in [0.25, 0.3) is 0 Å². The molecule has 1 aliphatic rings. The minimum Gasteiger partial charge on any atom is -0.461 e. The van der Waals surface area contributed by atoms with Gasteiger partial charge in [-0.05, 0) is 11.5 Å². The Labute approximate surface area is 168 Å². The smallest absolute Gasteiger partial charge is 0.408 e. The standard InChI is InChI=1S/C19H27NO9/c1-10(2)13(20-19(26)28-8-11-6-4-3-5-7-11)17(24)27-9-12-14(21)15(22)16(23)18(25)29-12/h3-7,10,12-16,18,21-23,25H,8-9H2,1-2H3,(H,20,26)/t12-,13-,14+,15+,16+,18+/m1/s1. The lowest BCUT2D eigenvalue weighted by molar-refractivity contribution is -0.287. The van der Waals surface area contributed by atoms with Gasteiger partial charge in [0.1, 0.15) is 43.7 Å². The largest absolute Gasteiger partial charge is 0.461 e. The van der Waals surface area contributed by atoms with Gasteiger partial charge >= 0.3 is 12.1 Å². The molecule has 10 heteroatoms. The van der Waals surface area contributed by atoms with Crippen LogP contribution in [0.15, 0.2) is 30.3 Å². The normalized spacial score (nSPS) is 27.9. The minimum atomic E-state index is -1.73. The Bertz CT molecular complexity index is 669. The summed E-state index contributed by atoms with van der Waals surface area (Å²) in [6.45, 7) is 2.93. The first-order chi connectivity index (χ1) is 13.7. The van der Waals surface area contributed by atoms with E-state index in [0.717, 1.165) is 5.56 Å². The summed E-state index contributed by atoms with van der Waals surface area (Å²) in [5, 5.41) is 40.9. The van der Waals surface area contributed by atoms with E-state index in [1.807, 2.05) is 6.07 Å². The van der Waals surface area contributed by atoms with E-state index >= 15 is 0 Å². The predicted molar refractivity (Wildman–Crippen MR) is 98.2 cm³/mol. The van der Waals surface area contributed by atoms with E-state index in [0.29, 0.717) is 0 Å². The summed E-state index contributed by atoms with van der Waals surface area (Å²) >= 11 is 0. The highest BCUT2D eigenvalue weighted by atomic mass is 16.7. The fraction of sp³-hybridized carbons (Fsp3) is 0.579. The summed E-state index contributed by atoms with van der Waals surface area (Å²) < 4.78 is 15.1. The second-order valence-corrected chi connectivity index (χ2v) is 7.09. The lowest BCUT2D eigenvalue weighted by Crippen LogP contribution is -2.59. The second-order valence-electron chi connectivity index (χ2n) is 7.09. The Morgan fingerprint density at radius 3 is 2.31 bits per heavy atom. The highest BCUT2D eigenvalue weighted by Crippen LogP contribution is 2.20. The van der Waals surface area contributed by atoms with Crippen LogP contribution in [-0.2, 0) is 25.6 Å². The Kier molecular flexibility index (Phi) is 8.35. The number of carbonyl (C=O) groups excluding carboxylic acids is 2. The minimum absolute atomic E-state index is 0.0345. The van der Waals surface area contributed by atoms with Gasteiger partial charge in [0.2, 0.25) is 0 Å². The molecule has 0 spiro atoms. The topological polar surface area (TPSA) is 155 Å². The number of alkyl carbamates (subject to hydrolysis) is 1. The molecule has 0 bridgehead atoms. The van der Waals surface area contributed by atoms with Gasteiger partial charge < -0.3 is 40.0 Å². The molecule has 29 heavy (non-hydrogen) atoms. The molecule has 0 saturated carbocycles. The van der Waals surface area contributed by atoms with Crippen LogP contribution >= 0.6 is 0 Å². The molecule has 1 saturated heterocycles. The number of hydrogen-bond donors (Lipinski definition) is 5. The van der Waals surface area contributed by atoms with Gasteiger partial charge in [0.05, 0.1) is 0 Å². The van der Waals surface area contributed by atoms with Gasteiger partial charge in [-0.1, -0.05) is 44.2 Å². The Morgan fingerprint density at radius 2 is 1.69 bits per heavy atom. The van der Waals surface area contributed by atoms with Crippen molar-refractivity contribution in [2.24, 2.45) is 5.92 Å². The fourth-order valence-corrected chi connectivity index (χ4v) is 2.71. The number of ether oxygens (including phenoxy) is 3. The maximum atomic E-state index is 12.4. The van der Waals surface area contributed by atoms with Gasteiger partial charge in [-0.25, -0.2) is 9.59 Å². The van der Waals surface area contributed by atoms with E-state index in [9.17, 15) is 30.0 Å². The number of nitrogens with one attached hydrogen (secondary N) is 1. The monoisotopic (exact) mass is 413 g/mol. The molecule has 1 heterocycles. The average Bonchev–Trinajstić information content (AvgIpc) is 2.70. The molecule has 5 N–H and O–H groups in total. The molecule has 1 fully saturated rings. The number of aliphatic hydroxyl groups is 4. The summed E-state index contributed by atoms with van der Waals surface area (Å²) in [7, 11) is 0. The van der Waals surface area contributed by atoms with Crippen LogP contribution in [-0.4, -0.2) is 75.8 Å². The van der Waals surface area contributed by atoms with Crippen molar-refractivity contribution in [3.05, 3.63) is 35.9 Å². The van der Waals surface area contributed by atoms with Crippen LogP contribution in [0.4, 0.5) is 4.79 Å². The lowest BCUT2D eigenvalue weighted by Gasteiger charge is -2.38. The van der Waals surface area contributed by atoms with Gasteiger partial charge in [0.15, 0.2) is 6.29 Å². The molecule has 0 aliphatic carbocycles. The summed E-state index contributed by atoms with van der Waals surface area (Å²) in [4.78, 5) is 24.4. The highest BCUT2D eigenvalue weighted by Gasteiger charge is 2.43. The zero-order valence-corrected chi connectivity index (χ0v) is 16.2. The lowest BCUT2D eigenvalue weighted by atomic mass is 9.99. The number of hydrogen-bond acceptors (Lipinski definition) is 9. The molecule has 1 aromatic rings. The van der Waals surface area contributed by atoms with E-state index in [1.54, 1.807) is 38.1 Å². The van der Waals surface area contributed by atoms with Crippen molar-refractivity contribution in [2.45, 2.75) is 57.2 Å². The number of carbonyl (C=O) groups is 2. The van der Waals surface area contributed by atoms with Gasteiger partial charge in [-0.3, -0.25) is 0 Å². The van der Waals surface area contributed by atoms with Crippen molar-refractivity contribution in [1.82, 2.24) is 5.32 Å². The Balaban J connectivity index is 1.86. The van der Waals surface area contributed by atoms with Crippen LogP contribution in [0.5, 0.6) is 0 Å². The SMILES string of the molecule is CC(C)[C@@H](NC(=O)OCc1ccccc1)C(=O)OC[C@H]1O[C@H](O)[C@@H](O)[C@@H](O)[C@H]1O. The molecular formula is C19H27NO9. The molecule has 0 radical (unpaired) electrons. The molecular weight excluding hydrogens is 386 g/mol. The van der Waals surface area contributed by atoms with E-state index < -0.39 is 55.4 Å². The van der Waals surface area contributed by atoms with Crippen LogP contribution in [0.1, 0.15) is 19.4 Å². The van der Waals surface area contributed by atoms with Crippen LogP contribution in [0.2, 0.25) is 0 Å². The first-order valence-electron chi connectivity index (χ1n) is 9.22. The van der Waals surface area contributed by atoms with E-state index in [2.05, 4.69) is 5.32 Å². The summed E-state index contributed by atoms with van der Waals surface area (Å²) in [5.74, 6) is -1.13. The van der Waals surface area contributed by atoms with Crippen molar-refractivity contribution in [2.75, 3.05) is 6.61 Å². The van der Waals surface area contributed by atoms with Crippen molar-refractivity contribution >= 4 is 12.1 Å². The first kappa shape index (κ1) is 23.0. The molecule has 2 rings (SSSR count). The third kappa shape index (κ3) is 6.38. The van der Waals surface area contributed by atoms with Crippen LogP contribution in [0.3, 0.4) is 0 Å². The molecule has 10 nitrogen and oxygen atoms in total. The zero-order chi connectivity index (χ0) is 21.6. The summed E-state index contributed by atoms with van der Waals surface area (Å²) in [5.41, 5.74) is 0.786. The fourth-order valence-electron chi connectivity index (χ4n) is 2.71. The van der Waals surface area contributed by atoms with E-state index in [-0.39, 0.29) is 12.5 Å². The van der Waals surface area contributed by atoms with Gasteiger partial charge in [-0.15, -0.1) is 0 Å². The second kappa shape index (κ2) is 10.5. The maximum absolute atomic E-state index is 12.4. The van der Waals surface area contributed by atoms with E-state index in [4.69, 9.17) is 14.2 Å². The number of rotatable bonds is 7. The van der Waals surface area contributed by atoms with Crippen molar-refractivity contribution in [1.29, 1.82) is 0 Å². The van der Waals surface area contributed by atoms with Crippen molar-refractivity contribution < 1.29 is 44.2 Å². The number of esters is 1. The third-order valence-electron chi connectivity index (χ3n) is 4.48. The molecule has 1 amide bonds. The maximum Gasteiger partial charge on any atom is 0.408 e. The van der Waals surface area contributed by atoms with Gasteiger partial charge in [0, 0.05) is 0 Å². The molecule has 6 atom stereocenters. The highest BCUT2D eigenvalue weighted by molar-refractivity contribution is 5.81. The van der Waals surface area contributed by atoms with Crippen molar-refractivity contribution in [3.63, 3.8) is 0 Å². The van der Waals surface area contributed by atoms with Crippen LogP contribution in [0, 0.1) is 5.92 Å². The number of benzene rings is 1. The van der Waals surface area contributed by atoms with Gasteiger partial charge in [0.25, 0.3) is 0 Å². The number of amides is 1. The third-order valence-corrected chi connectivity index (χ3v) is 4.48. The Hall–Kier alpha value is -2.24. The zero-order valence-electron chi connectivity index (χ0n) is 16.2. The number of aliphatic hydroxyl groups excluding tert-OH is 4. The molecule has 0 unspecified atom stereocenters. The molecule has 1 aromatic carbocycles. The molecule has 1 aliphatic heterocycles. The quantitative estimate of drug-likeness (QED) is 0.364. The van der Waals surface area contributed by atoms with Crippen molar-refractivity contribution in [3.8, 4) is 0 Å². The average molecular weight is 413 g/mol. The van der Waals surface area contributed by atoms with Gasteiger partial charge in [-0.2, -0.15) is 0 Å². The summed E-state index contributed by atoms with van der Waals surface area (Å²) in [6, 6.07) is 7.99.